The number of carbonyl (C=O) groups is 2. The molecule has 2 N–H and O–H groups in total. The summed E-state index contributed by atoms with van der Waals surface area (Å²) in [5.74, 6) is -0.0221. The lowest BCUT2D eigenvalue weighted by Gasteiger charge is -2.10. The van der Waals surface area contributed by atoms with E-state index in [2.05, 4.69) is 10.6 Å². The molecule has 0 aliphatic heterocycles. The molecule has 0 saturated carbocycles. The molecule has 0 bridgehead atoms. The minimum Gasteiger partial charge on any atom is -0.467 e. The maximum absolute atomic E-state index is 12.4. The molecule has 0 aliphatic rings. The summed E-state index contributed by atoms with van der Waals surface area (Å²) in [7, 11) is 0. The van der Waals surface area contributed by atoms with Gasteiger partial charge in [0.25, 0.3) is 5.91 Å². The highest BCUT2D eigenvalue weighted by molar-refractivity contribution is 6.32. The van der Waals surface area contributed by atoms with E-state index in [1.807, 2.05) is 18.2 Å². The number of para-hydroxylation sites is 1. The average molecular weight is 381 g/mol. The van der Waals surface area contributed by atoms with Crippen LogP contribution in [0.1, 0.15) is 21.7 Å². The molecule has 2 amide bonds. The van der Waals surface area contributed by atoms with Crippen molar-refractivity contribution in [2.75, 3.05) is 5.32 Å². The van der Waals surface area contributed by atoms with Gasteiger partial charge in [-0.05, 0) is 42.0 Å². The Hall–Kier alpha value is -3.31. The van der Waals surface area contributed by atoms with E-state index in [1.165, 1.54) is 6.08 Å². The lowest BCUT2D eigenvalue weighted by Crippen LogP contribution is -2.24. The Balaban J connectivity index is 1.67. The molecule has 136 valence electrons. The number of hydrogen-bond acceptors (Lipinski definition) is 3. The Morgan fingerprint density at radius 3 is 2.56 bits per heavy atom. The molecule has 0 aliphatic carbocycles. The molecule has 5 nitrogen and oxygen atoms in total. The van der Waals surface area contributed by atoms with Crippen molar-refractivity contribution in [3.05, 3.63) is 94.9 Å². The van der Waals surface area contributed by atoms with Crippen molar-refractivity contribution < 1.29 is 14.0 Å². The number of halogens is 1. The molecule has 0 spiro atoms. The molecule has 3 aromatic rings. The van der Waals surface area contributed by atoms with Gasteiger partial charge in [-0.3, -0.25) is 9.59 Å². The highest BCUT2D eigenvalue weighted by atomic mass is 35.5. The number of anilines is 1. The van der Waals surface area contributed by atoms with Crippen LogP contribution in [0.15, 0.2) is 77.4 Å². The summed E-state index contributed by atoms with van der Waals surface area (Å²) in [5, 5.41) is 6.04. The van der Waals surface area contributed by atoms with Gasteiger partial charge in [0.15, 0.2) is 0 Å². The van der Waals surface area contributed by atoms with Gasteiger partial charge in [0.05, 0.1) is 24.1 Å². The first-order valence-electron chi connectivity index (χ1n) is 8.26. The highest BCUT2D eigenvalue weighted by Crippen LogP contribution is 2.18. The Kier molecular flexibility index (Phi) is 6.07. The molecular formula is C21H17ClN2O3. The SMILES string of the molecule is O=C(C=Cc1ccccc1Cl)Nc1ccccc1C(=O)NCc1ccco1. The van der Waals surface area contributed by atoms with Gasteiger partial charge in [0.2, 0.25) is 5.91 Å². The van der Waals surface area contributed by atoms with E-state index < -0.39 is 0 Å². The zero-order chi connectivity index (χ0) is 19.1. The number of furan rings is 1. The Labute approximate surface area is 161 Å². The second-order valence-corrected chi connectivity index (χ2v) is 6.06. The summed E-state index contributed by atoms with van der Waals surface area (Å²) in [6, 6.07) is 17.5. The van der Waals surface area contributed by atoms with E-state index in [0.29, 0.717) is 22.0 Å². The van der Waals surface area contributed by atoms with E-state index in [0.717, 1.165) is 5.56 Å². The highest BCUT2D eigenvalue weighted by Gasteiger charge is 2.12. The van der Waals surface area contributed by atoms with Crippen LogP contribution in [0, 0.1) is 0 Å². The topological polar surface area (TPSA) is 71.3 Å². The summed E-state index contributed by atoms with van der Waals surface area (Å²) in [6.07, 6.45) is 4.54. The number of nitrogens with one attached hydrogen (secondary N) is 2. The van der Waals surface area contributed by atoms with Crippen molar-refractivity contribution in [3.63, 3.8) is 0 Å². The maximum Gasteiger partial charge on any atom is 0.253 e. The van der Waals surface area contributed by atoms with Crippen LogP contribution in [0.5, 0.6) is 0 Å². The molecule has 2 aromatic carbocycles. The minimum atomic E-state index is -0.360. The van der Waals surface area contributed by atoms with Crippen molar-refractivity contribution >= 4 is 35.2 Å². The average Bonchev–Trinajstić information content (AvgIpc) is 3.19. The molecule has 0 fully saturated rings. The van der Waals surface area contributed by atoms with Crippen molar-refractivity contribution in [3.8, 4) is 0 Å². The monoisotopic (exact) mass is 380 g/mol. The fourth-order valence-electron chi connectivity index (χ4n) is 2.42. The standard InChI is InChI=1S/C21H17ClN2O3/c22-18-9-3-1-6-15(18)11-12-20(25)24-19-10-4-2-8-17(19)21(26)23-14-16-7-5-13-27-16/h1-13H,14H2,(H,23,26)(H,24,25). The van der Waals surface area contributed by atoms with E-state index >= 15 is 0 Å². The molecule has 6 heteroatoms. The minimum absolute atomic E-state index is 0.264. The number of amides is 2. The summed E-state index contributed by atoms with van der Waals surface area (Å²) in [5.41, 5.74) is 1.52. The number of benzene rings is 2. The third-order valence-corrected chi connectivity index (χ3v) is 4.10. The van der Waals surface area contributed by atoms with Crippen molar-refractivity contribution in [1.29, 1.82) is 0 Å². The van der Waals surface area contributed by atoms with E-state index in [4.69, 9.17) is 16.0 Å². The summed E-state index contributed by atoms with van der Waals surface area (Å²) >= 11 is 6.07. The van der Waals surface area contributed by atoms with Gasteiger partial charge < -0.3 is 15.1 Å². The number of carbonyl (C=O) groups excluding carboxylic acids is 2. The molecule has 0 atom stereocenters. The molecular weight excluding hydrogens is 364 g/mol. The molecule has 1 aromatic heterocycles. The van der Waals surface area contributed by atoms with Gasteiger partial charge in [0, 0.05) is 11.1 Å². The van der Waals surface area contributed by atoms with Crippen molar-refractivity contribution in [2.45, 2.75) is 6.54 Å². The smallest absolute Gasteiger partial charge is 0.253 e. The molecule has 0 unspecified atom stereocenters. The first-order chi connectivity index (χ1) is 13.1. The van der Waals surface area contributed by atoms with Crippen LogP contribution in [0.4, 0.5) is 5.69 Å². The first-order valence-corrected chi connectivity index (χ1v) is 8.64. The van der Waals surface area contributed by atoms with Crippen LogP contribution < -0.4 is 10.6 Å². The Morgan fingerprint density at radius 1 is 1.00 bits per heavy atom. The van der Waals surface area contributed by atoms with E-state index in [1.54, 1.807) is 54.8 Å². The Morgan fingerprint density at radius 2 is 1.78 bits per heavy atom. The quantitative estimate of drug-likeness (QED) is 0.618. The van der Waals surface area contributed by atoms with Gasteiger partial charge in [-0.25, -0.2) is 0 Å². The molecule has 27 heavy (non-hydrogen) atoms. The van der Waals surface area contributed by atoms with Crippen LogP contribution in [0.2, 0.25) is 5.02 Å². The van der Waals surface area contributed by atoms with Crippen LogP contribution in [-0.4, -0.2) is 11.8 Å². The Bertz CT molecular complexity index is 965. The molecule has 0 saturated heterocycles. The van der Waals surface area contributed by atoms with Crippen LogP contribution in [0.3, 0.4) is 0 Å². The van der Waals surface area contributed by atoms with Crippen LogP contribution in [-0.2, 0) is 11.3 Å². The van der Waals surface area contributed by atoms with Gasteiger partial charge in [-0.15, -0.1) is 0 Å². The maximum atomic E-state index is 12.4. The molecule has 1 heterocycles. The van der Waals surface area contributed by atoms with E-state index in [-0.39, 0.29) is 18.4 Å². The predicted octanol–water partition coefficient (Wildman–Crippen LogP) is 4.51. The number of hydrogen-bond donors (Lipinski definition) is 2. The third-order valence-electron chi connectivity index (χ3n) is 3.75. The van der Waals surface area contributed by atoms with Crippen LogP contribution >= 0.6 is 11.6 Å². The zero-order valence-corrected chi connectivity index (χ0v) is 15.1. The fraction of sp³-hybridized carbons (Fsp3) is 0.0476. The lowest BCUT2D eigenvalue weighted by atomic mass is 10.1. The van der Waals surface area contributed by atoms with Crippen molar-refractivity contribution in [1.82, 2.24) is 5.32 Å². The summed E-state index contributed by atoms with van der Waals surface area (Å²) < 4.78 is 5.19. The largest absolute Gasteiger partial charge is 0.467 e. The first kappa shape index (κ1) is 18.5. The van der Waals surface area contributed by atoms with Crippen molar-refractivity contribution in [2.24, 2.45) is 0 Å². The molecule has 3 rings (SSSR count). The fourth-order valence-corrected chi connectivity index (χ4v) is 2.61. The van der Waals surface area contributed by atoms with Crippen LogP contribution in [0.25, 0.3) is 6.08 Å². The van der Waals surface area contributed by atoms with Gasteiger partial charge >= 0.3 is 0 Å². The zero-order valence-electron chi connectivity index (χ0n) is 14.3. The van der Waals surface area contributed by atoms with Gasteiger partial charge in [0.1, 0.15) is 5.76 Å². The lowest BCUT2D eigenvalue weighted by molar-refractivity contribution is -0.111. The predicted molar refractivity (Wildman–Crippen MR) is 105 cm³/mol. The number of rotatable bonds is 6. The third kappa shape index (κ3) is 5.09. The van der Waals surface area contributed by atoms with Gasteiger partial charge in [-0.1, -0.05) is 41.9 Å². The normalized spacial score (nSPS) is 10.7. The summed E-state index contributed by atoms with van der Waals surface area (Å²) in [6.45, 7) is 0.264. The molecule has 0 radical (unpaired) electrons. The summed E-state index contributed by atoms with van der Waals surface area (Å²) in [4.78, 5) is 24.7. The second-order valence-electron chi connectivity index (χ2n) is 5.65. The second kappa shape index (κ2) is 8.87. The van der Waals surface area contributed by atoms with E-state index in [9.17, 15) is 9.59 Å². The van der Waals surface area contributed by atoms with Gasteiger partial charge in [-0.2, -0.15) is 0 Å².